The van der Waals surface area contributed by atoms with Crippen LogP contribution in [0.2, 0.25) is 0 Å². The molecule has 0 aliphatic heterocycles. The average Bonchev–Trinajstić information content (AvgIpc) is 3.06. The van der Waals surface area contributed by atoms with Crippen LogP contribution in [0.25, 0.3) is 11.0 Å². The molecule has 0 bridgehead atoms. The predicted octanol–water partition coefficient (Wildman–Crippen LogP) is 3.68. The molecule has 31 heavy (non-hydrogen) atoms. The summed E-state index contributed by atoms with van der Waals surface area (Å²) in [4.78, 5) is 10.6. The number of anilines is 2. The number of fused-ring (bicyclic) bond motifs is 1. The molecule has 0 spiro atoms. The summed E-state index contributed by atoms with van der Waals surface area (Å²) in [6.07, 6.45) is 1.21. The molecular formula is C21H19F2N5O2S. The number of aryl methyl sites for hydroxylation is 1. The maximum atomic E-state index is 13.3. The van der Waals surface area contributed by atoms with Crippen LogP contribution in [0.1, 0.15) is 5.82 Å². The second-order valence-corrected chi connectivity index (χ2v) is 8.70. The molecule has 0 radical (unpaired) electrons. The zero-order valence-corrected chi connectivity index (χ0v) is 17.6. The highest BCUT2D eigenvalue weighted by atomic mass is 32.2. The molecule has 1 N–H and O–H groups in total. The molecule has 160 valence electrons. The summed E-state index contributed by atoms with van der Waals surface area (Å²) in [5.41, 5.74) is 1.83. The quantitative estimate of drug-likeness (QED) is 0.492. The zero-order chi connectivity index (χ0) is 22.2. The molecule has 0 aliphatic rings. The number of benzene rings is 2. The van der Waals surface area contributed by atoms with Gasteiger partial charge in [0.1, 0.15) is 16.5 Å². The third kappa shape index (κ3) is 4.19. The van der Waals surface area contributed by atoms with Crippen molar-refractivity contribution < 1.29 is 17.2 Å². The van der Waals surface area contributed by atoms with Gasteiger partial charge in [-0.1, -0.05) is 12.1 Å². The number of nitrogens with zero attached hydrogens (tertiary/aromatic N) is 4. The van der Waals surface area contributed by atoms with Gasteiger partial charge in [-0.3, -0.25) is 4.72 Å². The van der Waals surface area contributed by atoms with E-state index in [0.717, 1.165) is 35.1 Å². The van der Waals surface area contributed by atoms with Crippen LogP contribution in [-0.4, -0.2) is 30.0 Å². The number of para-hydroxylation sites is 2. The smallest absolute Gasteiger partial charge is 0.263 e. The minimum atomic E-state index is -4.00. The van der Waals surface area contributed by atoms with Crippen molar-refractivity contribution in [3.05, 3.63) is 78.3 Å². The number of rotatable bonds is 6. The van der Waals surface area contributed by atoms with Gasteiger partial charge >= 0.3 is 0 Å². The van der Waals surface area contributed by atoms with Crippen molar-refractivity contribution in [2.24, 2.45) is 7.05 Å². The SMILES string of the molecule is CN(Cc1nc2ccccc2n1C)c1ccc(S(=O)(=O)Nc2ccc(F)c(F)c2)cn1. The highest BCUT2D eigenvalue weighted by molar-refractivity contribution is 7.92. The van der Waals surface area contributed by atoms with Gasteiger partial charge < -0.3 is 9.47 Å². The van der Waals surface area contributed by atoms with Gasteiger partial charge in [0.2, 0.25) is 0 Å². The first-order chi connectivity index (χ1) is 14.7. The minimum Gasteiger partial charge on any atom is -0.352 e. The highest BCUT2D eigenvalue weighted by Gasteiger charge is 2.17. The van der Waals surface area contributed by atoms with Crippen molar-refractivity contribution in [3.63, 3.8) is 0 Å². The molecule has 0 amide bonds. The van der Waals surface area contributed by atoms with Crippen LogP contribution >= 0.6 is 0 Å². The summed E-state index contributed by atoms with van der Waals surface area (Å²) < 4.78 is 55.6. The summed E-state index contributed by atoms with van der Waals surface area (Å²) >= 11 is 0. The van der Waals surface area contributed by atoms with Gasteiger partial charge in [0.25, 0.3) is 10.0 Å². The number of aromatic nitrogens is 3. The van der Waals surface area contributed by atoms with E-state index in [-0.39, 0.29) is 10.6 Å². The second-order valence-electron chi connectivity index (χ2n) is 7.02. The first-order valence-electron chi connectivity index (χ1n) is 9.30. The van der Waals surface area contributed by atoms with Gasteiger partial charge in [-0.25, -0.2) is 27.2 Å². The van der Waals surface area contributed by atoms with Crippen molar-refractivity contribution in [1.29, 1.82) is 0 Å². The number of nitrogens with one attached hydrogen (secondary N) is 1. The third-order valence-corrected chi connectivity index (χ3v) is 6.22. The van der Waals surface area contributed by atoms with Crippen molar-refractivity contribution in [1.82, 2.24) is 14.5 Å². The number of halogens is 2. The number of imidazole rings is 1. The Labute approximate surface area is 178 Å². The number of pyridine rings is 1. The minimum absolute atomic E-state index is 0.0815. The van der Waals surface area contributed by atoms with Gasteiger partial charge in [0.15, 0.2) is 11.6 Å². The first kappa shape index (κ1) is 20.7. The lowest BCUT2D eigenvalue weighted by atomic mass is 10.3. The van der Waals surface area contributed by atoms with E-state index in [0.29, 0.717) is 12.4 Å². The molecule has 7 nitrogen and oxygen atoms in total. The summed E-state index contributed by atoms with van der Waals surface area (Å²) in [6, 6.07) is 13.6. The van der Waals surface area contributed by atoms with E-state index in [1.165, 1.54) is 12.3 Å². The number of sulfonamides is 1. The van der Waals surface area contributed by atoms with E-state index in [9.17, 15) is 17.2 Å². The average molecular weight is 443 g/mol. The number of hydrogen-bond donors (Lipinski definition) is 1. The lowest BCUT2D eigenvalue weighted by molar-refractivity contribution is 0.509. The maximum Gasteiger partial charge on any atom is 0.263 e. The van der Waals surface area contributed by atoms with E-state index in [4.69, 9.17) is 0 Å². The molecule has 0 aliphatic carbocycles. The largest absolute Gasteiger partial charge is 0.352 e. The Morgan fingerprint density at radius 3 is 2.52 bits per heavy atom. The van der Waals surface area contributed by atoms with E-state index in [1.54, 1.807) is 6.07 Å². The van der Waals surface area contributed by atoms with Crippen LogP contribution in [0, 0.1) is 11.6 Å². The molecule has 2 aromatic heterocycles. The van der Waals surface area contributed by atoms with E-state index in [1.807, 2.05) is 47.8 Å². The van der Waals surface area contributed by atoms with Crippen LogP contribution in [0.5, 0.6) is 0 Å². The second kappa shape index (κ2) is 7.95. The molecule has 0 saturated heterocycles. The summed E-state index contributed by atoms with van der Waals surface area (Å²) in [6.45, 7) is 0.470. The lowest BCUT2D eigenvalue weighted by Gasteiger charge is -2.18. The number of hydrogen-bond acceptors (Lipinski definition) is 5. The molecule has 10 heteroatoms. The predicted molar refractivity (Wildman–Crippen MR) is 114 cm³/mol. The van der Waals surface area contributed by atoms with Crippen molar-refractivity contribution in [3.8, 4) is 0 Å². The molecule has 0 atom stereocenters. The molecular weight excluding hydrogens is 424 g/mol. The Balaban J connectivity index is 1.51. The molecule has 4 rings (SSSR count). The monoisotopic (exact) mass is 443 g/mol. The Morgan fingerprint density at radius 2 is 1.84 bits per heavy atom. The van der Waals surface area contributed by atoms with Crippen molar-refractivity contribution >= 4 is 32.6 Å². The molecule has 4 aromatic rings. The Hall–Kier alpha value is -3.53. The van der Waals surface area contributed by atoms with Crippen LogP contribution in [-0.2, 0) is 23.6 Å². The van der Waals surface area contributed by atoms with Gasteiger partial charge in [-0.05, 0) is 36.4 Å². The lowest BCUT2D eigenvalue weighted by Crippen LogP contribution is -2.20. The van der Waals surface area contributed by atoms with Gasteiger partial charge in [-0.15, -0.1) is 0 Å². The summed E-state index contributed by atoms with van der Waals surface area (Å²) in [7, 11) is -0.240. The normalized spacial score (nSPS) is 11.6. The zero-order valence-electron chi connectivity index (χ0n) is 16.8. The molecule has 0 unspecified atom stereocenters. The Morgan fingerprint density at radius 1 is 1.06 bits per heavy atom. The van der Waals surface area contributed by atoms with Crippen LogP contribution < -0.4 is 9.62 Å². The molecule has 0 saturated carbocycles. The molecule has 2 aromatic carbocycles. The summed E-state index contributed by atoms with van der Waals surface area (Å²) in [5, 5.41) is 0. The fourth-order valence-electron chi connectivity index (χ4n) is 3.16. The maximum absolute atomic E-state index is 13.3. The molecule has 2 heterocycles. The fraction of sp³-hybridized carbons (Fsp3) is 0.143. The van der Waals surface area contributed by atoms with Crippen molar-refractivity contribution in [2.45, 2.75) is 11.4 Å². The standard InChI is InChI=1S/C21H19F2N5O2S/c1-27(13-21-25-18-5-3-4-6-19(18)28(21)2)20-10-8-15(12-24-20)31(29,30)26-14-7-9-16(22)17(23)11-14/h3-12,26H,13H2,1-2H3. The van der Waals surface area contributed by atoms with Crippen LogP contribution in [0.4, 0.5) is 20.3 Å². The van der Waals surface area contributed by atoms with Crippen LogP contribution in [0.3, 0.4) is 0 Å². The fourth-order valence-corrected chi connectivity index (χ4v) is 4.15. The van der Waals surface area contributed by atoms with Gasteiger partial charge in [-0.2, -0.15) is 0 Å². The Kier molecular flexibility index (Phi) is 5.32. The highest BCUT2D eigenvalue weighted by Crippen LogP contribution is 2.21. The van der Waals surface area contributed by atoms with Gasteiger partial charge in [0.05, 0.1) is 23.3 Å². The topological polar surface area (TPSA) is 80.1 Å². The van der Waals surface area contributed by atoms with E-state index < -0.39 is 21.7 Å². The van der Waals surface area contributed by atoms with Gasteiger partial charge in [0, 0.05) is 26.4 Å². The molecule has 0 fully saturated rings. The third-order valence-electron chi connectivity index (χ3n) is 4.85. The van der Waals surface area contributed by atoms with E-state index in [2.05, 4.69) is 14.7 Å². The summed E-state index contributed by atoms with van der Waals surface area (Å²) in [5.74, 6) is -0.809. The van der Waals surface area contributed by atoms with Crippen molar-refractivity contribution in [2.75, 3.05) is 16.7 Å². The Bertz CT molecular complexity index is 1350. The van der Waals surface area contributed by atoms with Crippen LogP contribution in [0.15, 0.2) is 65.7 Å². The van der Waals surface area contributed by atoms with E-state index >= 15 is 0 Å². The first-order valence-corrected chi connectivity index (χ1v) is 10.8.